The van der Waals surface area contributed by atoms with Gasteiger partial charge in [0.25, 0.3) is 0 Å². The van der Waals surface area contributed by atoms with Gasteiger partial charge < -0.3 is 10.1 Å². The molecule has 2 amide bonds. The van der Waals surface area contributed by atoms with Crippen LogP contribution in [0.15, 0.2) is 5.11 Å². The average molecular weight is 184 g/mol. The van der Waals surface area contributed by atoms with Crippen molar-refractivity contribution in [2.45, 2.75) is 12.5 Å². The number of nitrogens with one attached hydrogen (secondary N) is 1. The molecule has 1 rings (SSSR count). The van der Waals surface area contributed by atoms with Crippen molar-refractivity contribution in [1.82, 2.24) is 5.32 Å². The number of alkyl carbamates (subject to hydrolysis) is 1. The van der Waals surface area contributed by atoms with Gasteiger partial charge in [-0.1, -0.05) is 0 Å². The van der Waals surface area contributed by atoms with Crippen molar-refractivity contribution in [2.24, 2.45) is 11.0 Å². The van der Waals surface area contributed by atoms with Gasteiger partial charge in [-0.05, 0) is 17.1 Å². The lowest BCUT2D eigenvalue weighted by Gasteiger charge is -1.99. The van der Waals surface area contributed by atoms with E-state index in [-0.39, 0.29) is 12.0 Å². The molecule has 7 nitrogen and oxygen atoms in total. The van der Waals surface area contributed by atoms with Crippen LogP contribution in [0.1, 0.15) is 6.42 Å². The molecule has 0 spiro atoms. The Bertz CT molecular complexity index is 284. The fourth-order valence-electron chi connectivity index (χ4n) is 0.956. The maximum absolute atomic E-state index is 10.9. The van der Waals surface area contributed by atoms with Crippen molar-refractivity contribution in [3.63, 3.8) is 0 Å². The molecule has 0 bridgehead atoms. The molecule has 1 aliphatic carbocycles. The molecule has 0 aromatic heterocycles. The Morgan fingerprint density at radius 3 is 2.92 bits per heavy atom. The molecule has 0 unspecified atom stereocenters. The van der Waals surface area contributed by atoms with Crippen LogP contribution >= 0.6 is 0 Å². The Hall–Kier alpha value is -1.75. The molecule has 7 heteroatoms. The number of hydrogen-bond donors (Lipinski definition) is 1. The van der Waals surface area contributed by atoms with Crippen molar-refractivity contribution < 1.29 is 14.3 Å². The third kappa shape index (κ3) is 2.34. The Labute approximate surface area is 73.7 Å². The second kappa shape index (κ2) is 3.77. The lowest BCUT2D eigenvalue weighted by atomic mass is 10.4. The van der Waals surface area contributed by atoms with Crippen LogP contribution in [0, 0.1) is 5.92 Å². The topological polar surface area (TPSA) is 104 Å². The van der Waals surface area contributed by atoms with Gasteiger partial charge in [0.05, 0.1) is 7.11 Å². The predicted octanol–water partition coefficient (Wildman–Crippen LogP) is 0.568. The van der Waals surface area contributed by atoms with Gasteiger partial charge in [0.15, 0.2) is 0 Å². The molecule has 0 aromatic rings. The molecule has 13 heavy (non-hydrogen) atoms. The standard InChI is InChI=1S/C6H8N4O3/c1-13-6(12)8-4-2-3(4)5(11)9-10-7/h3-4H,2H2,1H3,(H,8,12)/t3-,4+/m1/s1. The van der Waals surface area contributed by atoms with Gasteiger partial charge in [0, 0.05) is 16.9 Å². The smallest absolute Gasteiger partial charge is 0.407 e. The Kier molecular flexibility index (Phi) is 2.71. The van der Waals surface area contributed by atoms with Gasteiger partial charge in [-0.15, -0.1) is 0 Å². The number of hydrogen-bond acceptors (Lipinski definition) is 3. The van der Waals surface area contributed by atoms with Crippen molar-refractivity contribution in [3.05, 3.63) is 10.4 Å². The second-order valence-electron chi connectivity index (χ2n) is 2.61. The maximum Gasteiger partial charge on any atom is 0.407 e. The summed E-state index contributed by atoms with van der Waals surface area (Å²) in [5.74, 6) is -0.918. The minimum Gasteiger partial charge on any atom is -0.453 e. The number of carbonyl (C=O) groups excluding carboxylic acids is 2. The number of amides is 2. The number of rotatable bonds is 2. The highest BCUT2D eigenvalue weighted by Crippen LogP contribution is 2.31. The summed E-state index contributed by atoms with van der Waals surface area (Å²) in [5, 5.41) is 5.35. The van der Waals surface area contributed by atoms with E-state index >= 15 is 0 Å². The summed E-state index contributed by atoms with van der Waals surface area (Å²) in [7, 11) is 1.24. The first-order valence-corrected chi connectivity index (χ1v) is 3.62. The van der Waals surface area contributed by atoms with E-state index < -0.39 is 12.0 Å². The third-order valence-electron chi connectivity index (χ3n) is 1.74. The lowest BCUT2D eigenvalue weighted by molar-refractivity contribution is -0.119. The predicted molar refractivity (Wildman–Crippen MR) is 41.6 cm³/mol. The van der Waals surface area contributed by atoms with E-state index in [4.69, 9.17) is 5.53 Å². The zero-order valence-electron chi connectivity index (χ0n) is 6.93. The molecule has 0 heterocycles. The fourth-order valence-corrected chi connectivity index (χ4v) is 0.956. The van der Waals surface area contributed by atoms with Crippen LogP contribution < -0.4 is 5.32 Å². The minimum atomic E-state index is -0.582. The van der Waals surface area contributed by atoms with Crippen LogP contribution in [0.3, 0.4) is 0 Å². The Balaban J connectivity index is 2.34. The molecule has 1 saturated carbocycles. The quantitative estimate of drug-likeness (QED) is 0.385. The molecule has 1 aliphatic rings. The van der Waals surface area contributed by atoms with Crippen LogP contribution in [0.4, 0.5) is 4.79 Å². The normalized spacial score (nSPS) is 24.1. The van der Waals surface area contributed by atoms with Gasteiger partial charge in [-0.3, -0.25) is 4.79 Å². The largest absolute Gasteiger partial charge is 0.453 e. The highest BCUT2D eigenvalue weighted by molar-refractivity contribution is 5.84. The van der Waals surface area contributed by atoms with Crippen molar-refractivity contribution in [2.75, 3.05) is 7.11 Å². The van der Waals surface area contributed by atoms with Gasteiger partial charge in [0.1, 0.15) is 0 Å². The summed E-state index contributed by atoms with van der Waals surface area (Å²) in [6.07, 6.45) is -0.0753. The van der Waals surface area contributed by atoms with E-state index in [1.165, 1.54) is 7.11 Å². The first-order valence-electron chi connectivity index (χ1n) is 3.62. The SMILES string of the molecule is COC(=O)N[C@H]1C[C@H]1C(=O)N=[N+]=[N-]. The molecule has 0 radical (unpaired) electrons. The number of nitrogens with zero attached hydrogens (tertiary/aromatic N) is 3. The van der Waals surface area contributed by atoms with Crippen LogP contribution in [-0.4, -0.2) is 25.2 Å². The molecule has 0 aliphatic heterocycles. The fraction of sp³-hybridized carbons (Fsp3) is 0.667. The Morgan fingerprint density at radius 2 is 2.38 bits per heavy atom. The molecule has 0 saturated heterocycles. The summed E-state index contributed by atoms with van der Waals surface area (Å²) in [6, 6.07) is -0.245. The number of azide groups is 1. The van der Waals surface area contributed by atoms with E-state index in [1.807, 2.05) is 0 Å². The highest BCUT2D eigenvalue weighted by atomic mass is 16.5. The summed E-state index contributed by atoms with van der Waals surface area (Å²) in [4.78, 5) is 23.9. The lowest BCUT2D eigenvalue weighted by Crippen LogP contribution is -2.27. The van der Waals surface area contributed by atoms with E-state index in [9.17, 15) is 9.59 Å². The third-order valence-corrected chi connectivity index (χ3v) is 1.74. The van der Waals surface area contributed by atoms with Crippen molar-refractivity contribution >= 4 is 12.0 Å². The van der Waals surface area contributed by atoms with E-state index in [1.54, 1.807) is 0 Å². The molecule has 0 aromatic carbocycles. The summed E-state index contributed by atoms with van der Waals surface area (Å²) < 4.78 is 4.32. The average Bonchev–Trinajstić information content (AvgIpc) is 2.84. The van der Waals surface area contributed by atoms with E-state index in [0.717, 1.165) is 0 Å². The maximum atomic E-state index is 10.9. The van der Waals surface area contributed by atoms with Crippen LogP contribution in [0.25, 0.3) is 10.4 Å². The van der Waals surface area contributed by atoms with Gasteiger partial charge in [0.2, 0.25) is 5.91 Å². The summed E-state index contributed by atoms with van der Waals surface area (Å²) in [6.45, 7) is 0. The summed E-state index contributed by atoms with van der Waals surface area (Å²) in [5.41, 5.74) is 7.95. The second-order valence-corrected chi connectivity index (χ2v) is 2.61. The molecular weight excluding hydrogens is 176 g/mol. The monoisotopic (exact) mass is 184 g/mol. The number of ether oxygens (including phenoxy) is 1. The first kappa shape index (κ1) is 9.34. The molecular formula is C6H8N4O3. The number of carbonyl (C=O) groups is 2. The zero-order valence-corrected chi connectivity index (χ0v) is 6.93. The highest BCUT2D eigenvalue weighted by Gasteiger charge is 2.43. The van der Waals surface area contributed by atoms with E-state index in [0.29, 0.717) is 6.42 Å². The molecule has 2 atom stereocenters. The summed E-state index contributed by atoms with van der Waals surface area (Å²) >= 11 is 0. The molecule has 1 fully saturated rings. The molecule has 1 N–H and O–H groups in total. The van der Waals surface area contributed by atoms with E-state index in [2.05, 4.69) is 20.1 Å². The van der Waals surface area contributed by atoms with Crippen LogP contribution in [0.5, 0.6) is 0 Å². The van der Waals surface area contributed by atoms with Crippen LogP contribution in [-0.2, 0) is 9.53 Å². The van der Waals surface area contributed by atoms with Crippen molar-refractivity contribution in [3.8, 4) is 0 Å². The van der Waals surface area contributed by atoms with Gasteiger partial charge >= 0.3 is 6.09 Å². The first-order chi connectivity index (χ1) is 6.19. The molecule has 70 valence electrons. The van der Waals surface area contributed by atoms with Crippen molar-refractivity contribution in [1.29, 1.82) is 0 Å². The van der Waals surface area contributed by atoms with Gasteiger partial charge in [-0.2, -0.15) is 0 Å². The van der Waals surface area contributed by atoms with Crippen LogP contribution in [0.2, 0.25) is 0 Å². The Morgan fingerprint density at radius 1 is 1.69 bits per heavy atom. The van der Waals surface area contributed by atoms with Gasteiger partial charge in [-0.25, -0.2) is 4.79 Å². The zero-order chi connectivity index (χ0) is 9.84. The minimum absolute atomic E-state index is 0.245. The number of methoxy groups -OCH3 is 1.